The highest BCUT2D eigenvalue weighted by molar-refractivity contribution is 5.95. The molecule has 4 heterocycles. The largest absolute Gasteiger partial charge is 0.493 e. The molecule has 2 N–H and O–H groups in total. The molecule has 0 unspecified atom stereocenters. The Morgan fingerprint density at radius 3 is 3.00 bits per heavy atom. The third kappa shape index (κ3) is 2.52. The van der Waals surface area contributed by atoms with Gasteiger partial charge in [0, 0.05) is 18.3 Å². The number of aromatic nitrogens is 4. The molecule has 3 aromatic rings. The molecule has 1 aliphatic heterocycles. The molecular formula is C17H16FN5O3. The third-order valence-electron chi connectivity index (χ3n) is 4.63. The zero-order valence-electron chi connectivity index (χ0n) is 13.9. The van der Waals surface area contributed by atoms with Crippen LogP contribution >= 0.6 is 0 Å². The Hall–Kier alpha value is -3.23. The van der Waals surface area contributed by atoms with Gasteiger partial charge < -0.3 is 15.1 Å². The summed E-state index contributed by atoms with van der Waals surface area (Å²) >= 11 is 0. The summed E-state index contributed by atoms with van der Waals surface area (Å²) in [6.45, 7) is 2.27. The summed E-state index contributed by atoms with van der Waals surface area (Å²) in [5.74, 6) is -1.28. The van der Waals surface area contributed by atoms with Gasteiger partial charge in [-0.05, 0) is 31.9 Å². The number of pyridine rings is 1. The van der Waals surface area contributed by atoms with Crippen LogP contribution in [0.1, 0.15) is 40.5 Å². The van der Waals surface area contributed by atoms with Gasteiger partial charge in [-0.3, -0.25) is 0 Å². The standard InChI is InChI=1S/C17H16FN5O3/c1-9-14(17(25)26)15-20-13(4-6-23(15)21-9)22-5-2-3-12(22)11-7-10(18)8-19-16(11)24/h4,6-8,12H,2-3,5H2,1H3,(H,19,24)(H,25,26)/t12-/m1/s1. The molecule has 1 saturated heterocycles. The minimum atomic E-state index is -1.09. The molecule has 3 aromatic heterocycles. The van der Waals surface area contributed by atoms with Crippen LogP contribution < -0.4 is 4.90 Å². The van der Waals surface area contributed by atoms with Crippen LogP contribution in [0, 0.1) is 12.7 Å². The molecule has 4 rings (SSSR count). The summed E-state index contributed by atoms with van der Waals surface area (Å²) in [4.78, 5) is 21.6. The van der Waals surface area contributed by atoms with E-state index in [0.29, 0.717) is 30.0 Å². The number of rotatable bonds is 3. The van der Waals surface area contributed by atoms with E-state index in [1.54, 1.807) is 19.2 Å². The van der Waals surface area contributed by atoms with Crippen molar-refractivity contribution in [2.24, 2.45) is 0 Å². The van der Waals surface area contributed by atoms with Crippen LogP contribution in [0.2, 0.25) is 0 Å². The molecule has 1 aliphatic rings. The van der Waals surface area contributed by atoms with Crippen LogP contribution in [-0.2, 0) is 0 Å². The molecule has 1 atom stereocenters. The maximum atomic E-state index is 13.6. The second kappa shape index (κ2) is 5.94. The first-order valence-electron chi connectivity index (χ1n) is 8.16. The van der Waals surface area contributed by atoms with E-state index in [1.165, 1.54) is 10.6 Å². The lowest BCUT2D eigenvalue weighted by Gasteiger charge is -2.26. The molecule has 26 heavy (non-hydrogen) atoms. The summed E-state index contributed by atoms with van der Waals surface area (Å²) in [5.41, 5.74) is 1.08. The van der Waals surface area contributed by atoms with Crippen molar-refractivity contribution < 1.29 is 19.4 Å². The molecule has 0 spiro atoms. The van der Waals surface area contributed by atoms with Gasteiger partial charge >= 0.3 is 5.97 Å². The zero-order valence-corrected chi connectivity index (χ0v) is 13.9. The summed E-state index contributed by atoms with van der Waals surface area (Å²) in [6, 6.07) is 2.72. The quantitative estimate of drug-likeness (QED) is 0.741. The highest BCUT2D eigenvalue weighted by Crippen LogP contribution is 2.38. The average molecular weight is 357 g/mol. The smallest absolute Gasteiger partial charge is 0.341 e. The fourth-order valence-electron chi connectivity index (χ4n) is 3.50. The number of anilines is 1. The number of fused-ring (bicyclic) bond motifs is 1. The number of carboxylic acids is 1. The topological polar surface area (TPSA) is 104 Å². The predicted octanol–water partition coefficient (Wildman–Crippen LogP) is 2.32. The summed E-state index contributed by atoms with van der Waals surface area (Å²) in [6.07, 6.45) is 4.15. The van der Waals surface area contributed by atoms with Gasteiger partial charge in [0.15, 0.2) is 5.65 Å². The second-order valence-electron chi connectivity index (χ2n) is 6.24. The van der Waals surface area contributed by atoms with Crippen molar-refractivity contribution in [3.8, 4) is 5.88 Å². The number of hydrogen-bond donors (Lipinski definition) is 2. The maximum Gasteiger partial charge on any atom is 0.341 e. The van der Waals surface area contributed by atoms with Crippen LogP contribution in [0.3, 0.4) is 0 Å². The van der Waals surface area contributed by atoms with E-state index < -0.39 is 11.8 Å². The van der Waals surface area contributed by atoms with E-state index in [2.05, 4.69) is 15.1 Å². The van der Waals surface area contributed by atoms with Crippen molar-refractivity contribution in [2.45, 2.75) is 25.8 Å². The van der Waals surface area contributed by atoms with Crippen molar-refractivity contribution in [2.75, 3.05) is 11.4 Å². The number of carboxylic acid groups (broad SMARTS) is 1. The number of hydrogen-bond acceptors (Lipinski definition) is 6. The first kappa shape index (κ1) is 16.2. The van der Waals surface area contributed by atoms with E-state index >= 15 is 0 Å². The van der Waals surface area contributed by atoms with Crippen molar-refractivity contribution in [1.82, 2.24) is 19.6 Å². The number of nitrogens with zero attached hydrogens (tertiary/aromatic N) is 5. The summed E-state index contributed by atoms with van der Waals surface area (Å²) in [5, 5.41) is 23.6. The fraction of sp³-hybridized carbons (Fsp3) is 0.294. The van der Waals surface area contributed by atoms with E-state index in [9.17, 15) is 19.4 Å². The lowest BCUT2D eigenvalue weighted by atomic mass is 10.1. The summed E-state index contributed by atoms with van der Waals surface area (Å²) < 4.78 is 15.0. The first-order valence-corrected chi connectivity index (χ1v) is 8.16. The van der Waals surface area contributed by atoms with Gasteiger partial charge in [0.25, 0.3) is 0 Å². The van der Waals surface area contributed by atoms with Gasteiger partial charge in [-0.1, -0.05) is 0 Å². The monoisotopic (exact) mass is 357 g/mol. The molecule has 0 saturated carbocycles. The van der Waals surface area contributed by atoms with Crippen molar-refractivity contribution >= 4 is 17.4 Å². The number of aromatic hydroxyl groups is 1. The summed E-state index contributed by atoms with van der Waals surface area (Å²) in [7, 11) is 0. The van der Waals surface area contributed by atoms with Gasteiger partial charge in [-0.25, -0.2) is 23.7 Å². The Morgan fingerprint density at radius 2 is 2.23 bits per heavy atom. The second-order valence-corrected chi connectivity index (χ2v) is 6.24. The highest BCUT2D eigenvalue weighted by Gasteiger charge is 2.30. The van der Waals surface area contributed by atoms with Gasteiger partial charge in [0.2, 0.25) is 5.88 Å². The van der Waals surface area contributed by atoms with E-state index in [1.807, 2.05) is 4.90 Å². The Labute approximate surface area is 147 Å². The lowest BCUT2D eigenvalue weighted by molar-refractivity contribution is 0.0698. The number of carbonyl (C=O) groups is 1. The van der Waals surface area contributed by atoms with E-state index in [-0.39, 0.29) is 23.1 Å². The molecule has 0 bridgehead atoms. The number of halogens is 1. The molecule has 0 aromatic carbocycles. The predicted molar refractivity (Wildman–Crippen MR) is 89.9 cm³/mol. The van der Waals surface area contributed by atoms with Crippen molar-refractivity contribution in [1.29, 1.82) is 0 Å². The highest BCUT2D eigenvalue weighted by atomic mass is 19.1. The SMILES string of the molecule is Cc1nn2ccc(N3CCC[C@@H]3c3cc(F)cnc3O)nc2c1C(=O)O. The van der Waals surface area contributed by atoms with Gasteiger partial charge in [0.05, 0.1) is 17.9 Å². The molecule has 0 radical (unpaired) electrons. The number of aryl methyl sites for hydroxylation is 1. The molecule has 1 fully saturated rings. The van der Waals surface area contributed by atoms with E-state index in [4.69, 9.17) is 0 Å². The molecule has 8 nitrogen and oxygen atoms in total. The minimum absolute atomic E-state index is 0.0536. The number of aromatic carboxylic acids is 1. The van der Waals surface area contributed by atoms with Crippen LogP contribution in [0.5, 0.6) is 5.88 Å². The Kier molecular flexibility index (Phi) is 3.71. The fourth-order valence-corrected chi connectivity index (χ4v) is 3.50. The van der Waals surface area contributed by atoms with Crippen molar-refractivity contribution in [3.63, 3.8) is 0 Å². The van der Waals surface area contributed by atoms with Crippen molar-refractivity contribution in [3.05, 3.63) is 47.2 Å². The first-order chi connectivity index (χ1) is 12.5. The molecule has 0 amide bonds. The average Bonchev–Trinajstić information content (AvgIpc) is 3.19. The molecule has 134 valence electrons. The van der Waals surface area contributed by atoms with Gasteiger partial charge in [-0.15, -0.1) is 0 Å². The zero-order chi connectivity index (χ0) is 18.4. The van der Waals surface area contributed by atoms with Crippen LogP contribution in [-0.4, -0.2) is 42.3 Å². The maximum absolute atomic E-state index is 13.6. The molecule has 0 aliphatic carbocycles. The Morgan fingerprint density at radius 1 is 1.42 bits per heavy atom. The minimum Gasteiger partial charge on any atom is -0.493 e. The van der Waals surface area contributed by atoms with Crippen LogP contribution in [0.25, 0.3) is 5.65 Å². The lowest BCUT2D eigenvalue weighted by Crippen LogP contribution is -2.24. The normalized spacial score (nSPS) is 17.2. The molecule has 9 heteroatoms. The Balaban J connectivity index is 1.80. The Bertz CT molecular complexity index is 1020. The third-order valence-corrected chi connectivity index (χ3v) is 4.63. The van der Waals surface area contributed by atoms with Gasteiger partial charge in [0.1, 0.15) is 17.2 Å². The van der Waals surface area contributed by atoms with Gasteiger partial charge in [-0.2, -0.15) is 5.10 Å². The van der Waals surface area contributed by atoms with Crippen LogP contribution in [0.15, 0.2) is 24.5 Å². The van der Waals surface area contributed by atoms with Crippen LogP contribution in [0.4, 0.5) is 10.2 Å². The molecular weight excluding hydrogens is 341 g/mol. The van der Waals surface area contributed by atoms with E-state index in [0.717, 1.165) is 12.6 Å².